The summed E-state index contributed by atoms with van der Waals surface area (Å²) in [5.41, 5.74) is 0. The van der Waals surface area contributed by atoms with Crippen LogP contribution in [0.25, 0.3) is 0 Å². The Morgan fingerprint density at radius 3 is 2.29 bits per heavy atom. The van der Waals surface area contributed by atoms with Crippen molar-refractivity contribution in [2.24, 2.45) is 0 Å². The third-order valence-corrected chi connectivity index (χ3v) is 1.15. The Morgan fingerprint density at radius 1 is 1.57 bits per heavy atom. The standard InChI is InChI=1S/C2H5O2.Mo.2O/c3-1-2-4;;;/h3H,1-2H2;;;/q-1;+1;;. The van der Waals surface area contributed by atoms with Crippen molar-refractivity contribution in [1.29, 1.82) is 0 Å². The molecule has 1 N–H and O–H groups in total. The molecule has 0 aromatic heterocycles. The zero-order chi connectivity index (χ0) is 5.70. The Kier molecular flexibility index (Phi) is 4.50. The van der Waals surface area contributed by atoms with Crippen LogP contribution in [-0.2, 0) is 27.8 Å². The van der Waals surface area contributed by atoms with Gasteiger partial charge in [0.05, 0.1) is 0 Å². The van der Waals surface area contributed by atoms with E-state index in [1.54, 1.807) is 0 Å². The molecule has 0 bridgehead atoms. The fourth-order valence-electron chi connectivity index (χ4n) is 0.105. The van der Waals surface area contributed by atoms with Crippen LogP contribution in [0.3, 0.4) is 0 Å². The van der Waals surface area contributed by atoms with Gasteiger partial charge in [-0.05, 0) is 0 Å². The zero-order valence-corrected chi connectivity index (χ0v) is 5.50. The molecule has 0 aliphatic heterocycles. The quantitative estimate of drug-likeness (QED) is 0.591. The first-order valence-electron chi connectivity index (χ1n) is 1.60. The summed E-state index contributed by atoms with van der Waals surface area (Å²) >= 11 is -3.59. The van der Waals surface area contributed by atoms with E-state index in [4.69, 9.17) is 5.11 Å². The van der Waals surface area contributed by atoms with Gasteiger partial charge in [-0.3, -0.25) is 0 Å². The molecule has 0 aromatic rings. The predicted octanol–water partition coefficient (Wildman–Crippen LogP) is -0.780. The Morgan fingerprint density at radius 2 is 2.14 bits per heavy atom. The summed E-state index contributed by atoms with van der Waals surface area (Å²) in [6.07, 6.45) is 0. The van der Waals surface area contributed by atoms with E-state index in [1.165, 1.54) is 0 Å². The van der Waals surface area contributed by atoms with Gasteiger partial charge in [0, 0.05) is 0 Å². The monoisotopic (exact) mass is 191 g/mol. The first-order valence-corrected chi connectivity index (χ1v) is 4.06. The van der Waals surface area contributed by atoms with Gasteiger partial charge in [-0.1, -0.05) is 0 Å². The van der Waals surface area contributed by atoms with Crippen molar-refractivity contribution in [1.82, 2.24) is 0 Å². The van der Waals surface area contributed by atoms with E-state index >= 15 is 0 Å². The molecule has 0 amide bonds. The first kappa shape index (κ1) is 7.21. The fraction of sp³-hybridized carbons (Fsp3) is 1.00. The van der Waals surface area contributed by atoms with Gasteiger partial charge in [0.1, 0.15) is 0 Å². The number of aliphatic hydroxyl groups excluding tert-OH is 1. The average molecular weight is 189 g/mol. The summed E-state index contributed by atoms with van der Waals surface area (Å²) < 4.78 is 23.1. The Bertz CT molecular complexity index is 87.9. The van der Waals surface area contributed by atoms with Gasteiger partial charge in [0.25, 0.3) is 0 Å². The summed E-state index contributed by atoms with van der Waals surface area (Å²) in [5, 5.41) is 7.94. The van der Waals surface area contributed by atoms with Crippen LogP contribution in [0.4, 0.5) is 0 Å². The van der Waals surface area contributed by atoms with Crippen molar-refractivity contribution in [2.45, 2.75) is 0 Å². The normalized spacial score (nSPS) is 8.71. The SMILES string of the molecule is [O]=[Mo](=[O])[O]CCO. The van der Waals surface area contributed by atoms with Crippen LogP contribution in [0.15, 0.2) is 0 Å². The summed E-state index contributed by atoms with van der Waals surface area (Å²) in [6, 6.07) is 0. The van der Waals surface area contributed by atoms with Crippen LogP contribution in [0, 0.1) is 0 Å². The minimum absolute atomic E-state index is 0.0934. The molecule has 0 heterocycles. The minimum atomic E-state index is -3.59. The van der Waals surface area contributed by atoms with E-state index in [-0.39, 0.29) is 13.2 Å². The summed E-state index contributed by atoms with van der Waals surface area (Å²) in [6.45, 7) is -0.328. The van der Waals surface area contributed by atoms with E-state index in [1.807, 2.05) is 0 Å². The second-order valence-corrected chi connectivity index (χ2v) is 2.33. The molecule has 0 fully saturated rings. The van der Waals surface area contributed by atoms with E-state index < -0.39 is 17.6 Å². The van der Waals surface area contributed by atoms with E-state index in [0.29, 0.717) is 0 Å². The topological polar surface area (TPSA) is 63.6 Å². The molecule has 0 unspecified atom stereocenters. The van der Waals surface area contributed by atoms with Crippen molar-refractivity contribution < 1.29 is 32.9 Å². The number of hydrogen-bond acceptors (Lipinski definition) is 4. The fourth-order valence-corrected chi connectivity index (χ4v) is 0.623. The van der Waals surface area contributed by atoms with Gasteiger partial charge in [0.2, 0.25) is 0 Å². The van der Waals surface area contributed by atoms with E-state index in [9.17, 15) is 6.80 Å². The van der Waals surface area contributed by atoms with Crippen molar-refractivity contribution in [2.75, 3.05) is 13.2 Å². The molecule has 0 aliphatic rings. The second-order valence-electron chi connectivity index (χ2n) is 0.750. The van der Waals surface area contributed by atoms with E-state index in [2.05, 4.69) is 3.39 Å². The average Bonchev–Trinajstić information content (AvgIpc) is 1.61. The van der Waals surface area contributed by atoms with Gasteiger partial charge >= 0.3 is 46.1 Å². The van der Waals surface area contributed by atoms with E-state index in [0.717, 1.165) is 0 Å². The summed E-state index contributed by atoms with van der Waals surface area (Å²) in [5.74, 6) is 0. The summed E-state index contributed by atoms with van der Waals surface area (Å²) in [7, 11) is 0. The molecule has 0 saturated carbocycles. The van der Waals surface area contributed by atoms with Gasteiger partial charge < -0.3 is 0 Å². The van der Waals surface area contributed by atoms with Crippen molar-refractivity contribution >= 4 is 0 Å². The van der Waals surface area contributed by atoms with Crippen LogP contribution in [0.2, 0.25) is 0 Å². The van der Waals surface area contributed by atoms with Crippen molar-refractivity contribution in [3.63, 3.8) is 0 Å². The third-order valence-electron chi connectivity index (χ3n) is 0.271. The molecule has 0 rings (SSSR count). The third kappa shape index (κ3) is 6.21. The molecule has 0 atom stereocenters. The number of hydrogen-bond donors (Lipinski definition) is 1. The van der Waals surface area contributed by atoms with Gasteiger partial charge in [-0.15, -0.1) is 0 Å². The van der Waals surface area contributed by atoms with Crippen LogP contribution in [0.5, 0.6) is 0 Å². The van der Waals surface area contributed by atoms with Gasteiger partial charge in [-0.25, -0.2) is 0 Å². The predicted molar refractivity (Wildman–Crippen MR) is 14.4 cm³/mol. The second kappa shape index (κ2) is 4.37. The molecule has 0 aromatic carbocycles. The number of aliphatic hydroxyl groups is 1. The van der Waals surface area contributed by atoms with Gasteiger partial charge in [-0.2, -0.15) is 0 Å². The molecular formula is C2H5MoO4. The molecule has 0 spiro atoms. The van der Waals surface area contributed by atoms with Crippen molar-refractivity contribution in [3.8, 4) is 0 Å². The molecule has 0 radical (unpaired) electrons. The molecular weight excluding hydrogens is 184 g/mol. The Labute approximate surface area is 46.7 Å². The van der Waals surface area contributed by atoms with Crippen molar-refractivity contribution in [3.05, 3.63) is 0 Å². The molecule has 7 heavy (non-hydrogen) atoms. The Balaban J connectivity index is 2.98. The van der Waals surface area contributed by atoms with Gasteiger partial charge in [0.15, 0.2) is 0 Å². The maximum atomic E-state index is 9.57. The maximum absolute atomic E-state index is 9.57. The first-order chi connectivity index (χ1) is 3.27. The molecule has 0 aliphatic carbocycles. The molecule has 43 valence electrons. The molecule has 0 saturated heterocycles. The van der Waals surface area contributed by atoms with Crippen LogP contribution in [0.1, 0.15) is 0 Å². The summed E-state index contributed by atoms with van der Waals surface area (Å²) in [4.78, 5) is 0. The van der Waals surface area contributed by atoms with Crippen LogP contribution < -0.4 is 0 Å². The molecule has 5 heteroatoms. The molecule has 4 nitrogen and oxygen atoms in total. The zero-order valence-electron chi connectivity index (χ0n) is 3.49. The Hall–Kier alpha value is 0.208. The number of rotatable bonds is 3. The van der Waals surface area contributed by atoms with Crippen LogP contribution in [-0.4, -0.2) is 18.3 Å². The van der Waals surface area contributed by atoms with Crippen LogP contribution >= 0.6 is 0 Å².